The van der Waals surface area contributed by atoms with E-state index < -0.39 is 0 Å². The second-order valence-electron chi connectivity index (χ2n) is 6.32. The third-order valence-corrected chi connectivity index (χ3v) is 5.19. The molecule has 2 N–H and O–H groups in total. The van der Waals surface area contributed by atoms with Crippen LogP contribution < -0.4 is 10.9 Å². The molecule has 0 radical (unpaired) electrons. The first-order valence-corrected chi connectivity index (χ1v) is 8.04. The van der Waals surface area contributed by atoms with E-state index >= 15 is 0 Å². The van der Waals surface area contributed by atoms with E-state index in [4.69, 9.17) is 0 Å². The molecule has 0 spiro atoms. The Kier molecular flexibility index (Phi) is 3.50. The molecule has 2 heteroatoms. The fourth-order valence-corrected chi connectivity index (χ4v) is 4.22. The van der Waals surface area contributed by atoms with Crippen LogP contribution in [0.2, 0.25) is 0 Å². The maximum Gasteiger partial charge on any atom is 0.0494 e. The van der Waals surface area contributed by atoms with Gasteiger partial charge in [0.25, 0.3) is 0 Å². The largest absolute Gasteiger partial charge is 0.249 e. The first-order valence-electron chi connectivity index (χ1n) is 8.04. The standard InChI is InChI=1S/C19H22N2/c1-3-8-14(9-4-1)18-16-12-7-13-17(16)19(21-20-18)15-10-5-2-6-11-15/h1-6,8-11,16-21H,7,12-13H2. The van der Waals surface area contributed by atoms with Crippen LogP contribution in [-0.4, -0.2) is 0 Å². The highest BCUT2D eigenvalue weighted by Crippen LogP contribution is 2.48. The summed E-state index contributed by atoms with van der Waals surface area (Å²) in [6, 6.07) is 22.6. The number of fused-ring (bicyclic) bond motifs is 1. The minimum atomic E-state index is 0.443. The maximum absolute atomic E-state index is 3.61. The Hall–Kier alpha value is -1.64. The Balaban J connectivity index is 1.62. The predicted octanol–water partition coefficient (Wildman–Crippen LogP) is 3.99. The summed E-state index contributed by atoms with van der Waals surface area (Å²) in [4.78, 5) is 0. The predicted molar refractivity (Wildman–Crippen MR) is 85.5 cm³/mol. The molecular formula is C19H22N2. The van der Waals surface area contributed by atoms with Crippen molar-refractivity contribution in [1.29, 1.82) is 0 Å². The van der Waals surface area contributed by atoms with Gasteiger partial charge in [0.05, 0.1) is 0 Å². The van der Waals surface area contributed by atoms with E-state index in [1.165, 1.54) is 30.4 Å². The Morgan fingerprint density at radius 2 is 1.05 bits per heavy atom. The van der Waals surface area contributed by atoms with Gasteiger partial charge in [-0.15, -0.1) is 0 Å². The molecule has 4 rings (SSSR count). The molecule has 0 amide bonds. The monoisotopic (exact) mass is 278 g/mol. The molecular weight excluding hydrogens is 256 g/mol. The number of hydrogen-bond donors (Lipinski definition) is 2. The normalized spacial score (nSPS) is 31.8. The van der Waals surface area contributed by atoms with Crippen molar-refractivity contribution in [1.82, 2.24) is 10.9 Å². The zero-order valence-corrected chi connectivity index (χ0v) is 12.2. The second-order valence-corrected chi connectivity index (χ2v) is 6.32. The Labute approximate surface area is 126 Å². The highest BCUT2D eigenvalue weighted by Gasteiger charge is 2.42. The highest BCUT2D eigenvalue weighted by molar-refractivity contribution is 5.25. The first kappa shape index (κ1) is 13.1. The number of hydrazine groups is 1. The quantitative estimate of drug-likeness (QED) is 0.868. The fraction of sp³-hybridized carbons (Fsp3) is 0.368. The smallest absolute Gasteiger partial charge is 0.0494 e. The van der Waals surface area contributed by atoms with E-state index in [1.54, 1.807) is 0 Å². The van der Waals surface area contributed by atoms with Crippen LogP contribution in [0, 0.1) is 11.8 Å². The molecule has 1 aliphatic heterocycles. The van der Waals surface area contributed by atoms with Gasteiger partial charge < -0.3 is 0 Å². The van der Waals surface area contributed by atoms with Crippen LogP contribution in [0.15, 0.2) is 60.7 Å². The molecule has 2 fully saturated rings. The Morgan fingerprint density at radius 3 is 1.48 bits per heavy atom. The van der Waals surface area contributed by atoms with E-state index in [0.29, 0.717) is 12.1 Å². The first-order chi connectivity index (χ1) is 10.4. The molecule has 2 aromatic carbocycles. The summed E-state index contributed by atoms with van der Waals surface area (Å²) < 4.78 is 0. The Bertz CT molecular complexity index is 528. The van der Waals surface area contributed by atoms with E-state index in [0.717, 1.165) is 11.8 Å². The van der Waals surface area contributed by atoms with E-state index in [1.807, 2.05) is 0 Å². The van der Waals surface area contributed by atoms with Crippen molar-refractivity contribution in [3.05, 3.63) is 71.8 Å². The van der Waals surface area contributed by atoms with Gasteiger partial charge in [-0.25, -0.2) is 10.9 Å². The summed E-state index contributed by atoms with van der Waals surface area (Å²) in [7, 11) is 0. The Morgan fingerprint density at radius 1 is 0.619 bits per heavy atom. The number of benzene rings is 2. The topological polar surface area (TPSA) is 24.1 Å². The third-order valence-electron chi connectivity index (χ3n) is 5.19. The van der Waals surface area contributed by atoms with Crippen LogP contribution >= 0.6 is 0 Å². The average molecular weight is 278 g/mol. The van der Waals surface area contributed by atoms with Gasteiger partial charge in [-0.3, -0.25) is 0 Å². The summed E-state index contributed by atoms with van der Waals surface area (Å²) >= 11 is 0. The maximum atomic E-state index is 3.61. The van der Waals surface area contributed by atoms with Gasteiger partial charge in [-0.1, -0.05) is 67.1 Å². The summed E-state index contributed by atoms with van der Waals surface area (Å²) in [6.45, 7) is 0. The van der Waals surface area contributed by atoms with Gasteiger partial charge in [-0.05, 0) is 35.8 Å². The lowest BCUT2D eigenvalue weighted by molar-refractivity contribution is 0.136. The van der Waals surface area contributed by atoms with Crippen molar-refractivity contribution in [2.24, 2.45) is 11.8 Å². The molecule has 2 aromatic rings. The van der Waals surface area contributed by atoms with Crippen molar-refractivity contribution in [3.63, 3.8) is 0 Å². The lowest BCUT2D eigenvalue weighted by Crippen LogP contribution is -2.50. The molecule has 1 saturated heterocycles. The molecule has 2 aliphatic rings. The lowest BCUT2D eigenvalue weighted by Gasteiger charge is -2.41. The zero-order valence-electron chi connectivity index (χ0n) is 12.2. The van der Waals surface area contributed by atoms with Crippen LogP contribution in [0.25, 0.3) is 0 Å². The minimum absolute atomic E-state index is 0.443. The number of rotatable bonds is 2. The van der Waals surface area contributed by atoms with Gasteiger partial charge in [0, 0.05) is 12.1 Å². The summed E-state index contributed by atoms with van der Waals surface area (Å²) in [6.07, 6.45) is 4.02. The van der Waals surface area contributed by atoms with Crippen molar-refractivity contribution in [2.45, 2.75) is 31.3 Å². The second kappa shape index (κ2) is 5.63. The zero-order chi connectivity index (χ0) is 14.1. The van der Waals surface area contributed by atoms with Crippen molar-refractivity contribution >= 4 is 0 Å². The molecule has 0 bridgehead atoms. The van der Waals surface area contributed by atoms with E-state index in [-0.39, 0.29) is 0 Å². The lowest BCUT2D eigenvalue weighted by atomic mass is 9.78. The van der Waals surface area contributed by atoms with E-state index in [9.17, 15) is 0 Å². The van der Waals surface area contributed by atoms with Gasteiger partial charge in [0.2, 0.25) is 0 Å². The molecule has 4 unspecified atom stereocenters. The van der Waals surface area contributed by atoms with Gasteiger partial charge >= 0.3 is 0 Å². The molecule has 0 aromatic heterocycles. The number of nitrogens with one attached hydrogen (secondary N) is 2. The van der Waals surface area contributed by atoms with Gasteiger partial charge in [-0.2, -0.15) is 0 Å². The van der Waals surface area contributed by atoms with Crippen LogP contribution in [0.4, 0.5) is 0 Å². The third kappa shape index (κ3) is 2.39. The van der Waals surface area contributed by atoms with Crippen molar-refractivity contribution in [3.8, 4) is 0 Å². The van der Waals surface area contributed by atoms with Crippen LogP contribution in [0.3, 0.4) is 0 Å². The van der Waals surface area contributed by atoms with Crippen LogP contribution in [-0.2, 0) is 0 Å². The minimum Gasteiger partial charge on any atom is -0.249 e. The SMILES string of the molecule is c1ccc(C2NNC(c3ccccc3)C3CCCC23)cc1. The fourth-order valence-electron chi connectivity index (χ4n) is 4.22. The van der Waals surface area contributed by atoms with E-state index in [2.05, 4.69) is 71.5 Å². The molecule has 1 aliphatic carbocycles. The van der Waals surface area contributed by atoms with Crippen molar-refractivity contribution in [2.75, 3.05) is 0 Å². The summed E-state index contributed by atoms with van der Waals surface area (Å²) in [5.74, 6) is 1.47. The molecule has 2 nitrogen and oxygen atoms in total. The van der Waals surface area contributed by atoms with Crippen LogP contribution in [0.5, 0.6) is 0 Å². The molecule has 1 saturated carbocycles. The van der Waals surface area contributed by atoms with Gasteiger partial charge in [0.15, 0.2) is 0 Å². The summed E-state index contributed by atoms with van der Waals surface area (Å²) in [5.41, 5.74) is 10.0. The highest BCUT2D eigenvalue weighted by atomic mass is 15.4. The molecule has 1 heterocycles. The molecule has 21 heavy (non-hydrogen) atoms. The number of hydrogen-bond acceptors (Lipinski definition) is 2. The van der Waals surface area contributed by atoms with Crippen LogP contribution in [0.1, 0.15) is 42.5 Å². The molecule has 4 atom stereocenters. The van der Waals surface area contributed by atoms with Gasteiger partial charge in [0.1, 0.15) is 0 Å². The molecule has 108 valence electrons. The summed E-state index contributed by atoms with van der Waals surface area (Å²) in [5, 5.41) is 0. The van der Waals surface area contributed by atoms with Crippen molar-refractivity contribution < 1.29 is 0 Å². The average Bonchev–Trinajstić information content (AvgIpc) is 3.05.